The van der Waals surface area contributed by atoms with Gasteiger partial charge in [-0.05, 0) is 88.2 Å². The Labute approximate surface area is 241 Å². The fourth-order valence-electron chi connectivity index (χ4n) is 6.08. The number of imidazole rings is 1. The van der Waals surface area contributed by atoms with E-state index in [1.807, 2.05) is 24.8 Å². The second-order valence-corrected chi connectivity index (χ2v) is 11.4. The van der Waals surface area contributed by atoms with Gasteiger partial charge in [0, 0.05) is 43.1 Å². The van der Waals surface area contributed by atoms with Crippen LogP contribution in [0.15, 0.2) is 47.4 Å². The fraction of sp³-hybridized carbons (Fsp3) is 0.387. The number of rotatable bonds is 7. The predicted octanol–water partition coefficient (Wildman–Crippen LogP) is 5.84. The summed E-state index contributed by atoms with van der Waals surface area (Å²) >= 11 is 0. The highest BCUT2D eigenvalue weighted by Gasteiger charge is 2.33. The summed E-state index contributed by atoms with van der Waals surface area (Å²) in [5.74, 6) is 0.249. The van der Waals surface area contributed by atoms with Crippen LogP contribution in [0.2, 0.25) is 0 Å². The summed E-state index contributed by atoms with van der Waals surface area (Å²) in [5.41, 5.74) is 3.14. The van der Waals surface area contributed by atoms with Crippen LogP contribution in [0.3, 0.4) is 0 Å². The number of hydrogen-bond donors (Lipinski definition) is 2. The number of H-pyrrole nitrogens is 2. The predicted molar refractivity (Wildman–Crippen MR) is 156 cm³/mol. The van der Waals surface area contributed by atoms with E-state index in [1.165, 1.54) is 25.1 Å². The van der Waals surface area contributed by atoms with Gasteiger partial charge < -0.3 is 24.7 Å². The highest BCUT2D eigenvalue weighted by atomic mass is 19.4. The monoisotopic (exact) mass is 578 g/mol. The second-order valence-electron chi connectivity index (χ2n) is 11.4. The summed E-state index contributed by atoms with van der Waals surface area (Å²) < 4.78 is 40.9. The number of aromatic amines is 2. The molecule has 220 valence electrons. The molecule has 42 heavy (non-hydrogen) atoms. The summed E-state index contributed by atoms with van der Waals surface area (Å²) in [7, 11) is 0. The molecule has 0 spiro atoms. The smallest absolute Gasteiger partial charge is 0.338 e. The van der Waals surface area contributed by atoms with Crippen LogP contribution in [0.25, 0.3) is 22.4 Å². The number of nitrogens with zero attached hydrogens (tertiary/aromatic N) is 4. The molecule has 0 atom stereocenters. The van der Waals surface area contributed by atoms with Crippen LogP contribution in [0.5, 0.6) is 0 Å². The molecule has 0 bridgehead atoms. The number of nitrogens with one attached hydrogen (secondary N) is 2. The minimum Gasteiger partial charge on any atom is -0.338 e. The molecule has 2 aliphatic rings. The van der Waals surface area contributed by atoms with Crippen LogP contribution in [0.1, 0.15) is 53.7 Å². The maximum atomic E-state index is 13.6. The molecule has 1 fully saturated rings. The van der Waals surface area contributed by atoms with Crippen LogP contribution < -0.4 is 10.5 Å². The molecule has 0 aliphatic carbocycles. The van der Waals surface area contributed by atoms with E-state index in [-0.39, 0.29) is 23.3 Å². The van der Waals surface area contributed by atoms with Gasteiger partial charge >= 0.3 is 6.18 Å². The van der Waals surface area contributed by atoms with Gasteiger partial charge in [-0.2, -0.15) is 13.2 Å². The van der Waals surface area contributed by atoms with Crippen molar-refractivity contribution in [1.82, 2.24) is 24.8 Å². The zero-order valence-electron chi connectivity index (χ0n) is 23.8. The zero-order chi connectivity index (χ0) is 29.8. The number of likely N-dealkylation sites (tertiary alicyclic amines) is 1. The summed E-state index contributed by atoms with van der Waals surface area (Å²) in [6.07, 6.45) is -0.630. The molecule has 2 N–H and O–H groups in total. The van der Waals surface area contributed by atoms with Crippen molar-refractivity contribution in [1.29, 1.82) is 0 Å². The molecule has 0 unspecified atom stereocenters. The molecule has 8 nitrogen and oxygen atoms in total. The number of halogens is 3. The number of pyridine rings is 1. The van der Waals surface area contributed by atoms with Gasteiger partial charge in [-0.15, -0.1) is 0 Å². The third kappa shape index (κ3) is 5.06. The lowest BCUT2D eigenvalue weighted by atomic mass is 10.0. The number of carbonyl (C=O) groups excluding carboxylic acids is 1. The average molecular weight is 579 g/mol. The number of fused-ring (bicyclic) bond motifs is 2. The van der Waals surface area contributed by atoms with Crippen molar-refractivity contribution in [3.8, 4) is 11.4 Å². The third-order valence-electron chi connectivity index (χ3n) is 8.22. The van der Waals surface area contributed by atoms with Gasteiger partial charge in [-0.25, -0.2) is 4.98 Å². The Bertz CT molecular complexity index is 1720. The lowest BCUT2D eigenvalue weighted by Crippen LogP contribution is -2.33. The van der Waals surface area contributed by atoms with Gasteiger partial charge in [0.25, 0.3) is 11.5 Å². The number of alkyl halides is 3. The van der Waals surface area contributed by atoms with Crippen LogP contribution >= 0.6 is 0 Å². The summed E-state index contributed by atoms with van der Waals surface area (Å²) in [4.78, 5) is 43.1. The first-order valence-electron chi connectivity index (χ1n) is 14.2. The van der Waals surface area contributed by atoms with Gasteiger partial charge in [-0.1, -0.05) is 6.07 Å². The van der Waals surface area contributed by atoms with Crippen molar-refractivity contribution in [3.05, 3.63) is 75.2 Å². The molecule has 4 aromatic rings. The fourth-order valence-corrected chi connectivity index (χ4v) is 6.08. The SMILES string of the molecule is Cc1ccc(C(F)(F)F)cc1N(c1cc[nH]c(=O)c1-c1nc2cc3c(cc2[nH]1)CN(CCN1CCCC1)C3=O)C(C)C. The van der Waals surface area contributed by atoms with E-state index in [0.717, 1.165) is 37.3 Å². The lowest BCUT2D eigenvalue weighted by molar-refractivity contribution is -0.137. The van der Waals surface area contributed by atoms with Gasteiger partial charge in [0.05, 0.1) is 22.3 Å². The molecule has 0 radical (unpaired) electrons. The minimum absolute atomic E-state index is 0.0279. The number of carbonyl (C=O) groups is 1. The topological polar surface area (TPSA) is 88.3 Å². The average Bonchev–Trinajstić information content (AvgIpc) is 3.66. The number of aromatic nitrogens is 3. The molecule has 2 aromatic carbocycles. The van der Waals surface area contributed by atoms with Crippen molar-refractivity contribution in [2.24, 2.45) is 0 Å². The quantitative estimate of drug-likeness (QED) is 0.288. The maximum Gasteiger partial charge on any atom is 0.416 e. The molecule has 2 aromatic heterocycles. The normalized spacial score (nSPS) is 15.8. The minimum atomic E-state index is -4.51. The zero-order valence-corrected chi connectivity index (χ0v) is 23.8. The van der Waals surface area contributed by atoms with E-state index in [2.05, 4.69) is 14.9 Å². The van der Waals surface area contributed by atoms with E-state index in [4.69, 9.17) is 4.98 Å². The number of aryl methyl sites for hydroxylation is 1. The lowest BCUT2D eigenvalue weighted by Gasteiger charge is -2.32. The number of anilines is 2. The van der Waals surface area contributed by atoms with Crippen LogP contribution in [0.4, 0.5) is 24.5 Å². The molecule has 1 amide bonds. The number of amides is 1. The van der Waals surface area contributed by atoms with Gasteiger partial charge in [0.1, 0.15) is 11.4 Å². The first kappa shape index (κ1) is 28.0. The van der Waals surface area contributed by atoms with Gasteiger partial charge in [0.15, 0.2) is 0 Å². The van der Waals surface area contributed by atoms with Crippen molar-refractivity contribution in [3.63, 3.8) is 0 Å². The molecule has 4 heterocycles. The van der Waals surface area contributed by atoms with Crippen LogP contribution in [-0.4, -0.2) is 62.9 Å². The first-order chi connectivity index (χ1) is 20.0. The van der Waals surface area contributed by atoms with Crippen molar-refractivity contribution >= 4 is 28.3 Å². The van der Waals surface area contributed by atoms with E-state index < -0.39 is 17.3 Å². The van der Waals surface area contributed by atoms with E-state index in [1.54, 1.807) is 24.0 Å². The molecular formula is C31H33F3N6O2. The Kier molecular flexibility index (Phi) is 7.08. The summed E-state index contributed by atoms with van der Waals surface area (Å²) in [6.45, 7) is 9.65. The maximum absolute atomic E-state index is 13.6. The molecule has 6 rings (SSSR count). The first-order valence-corrected chi connectivity index (χ1v) is 14.2. The molecule has 11 heteroatoms. The van der Waals surface area contributed by atoms with Crippen molar-refractivity contribution in [2.75, 3.05) is 31.1 Å². The molecular weight excluding hydrogens is 545 g/mol. The van der Waals surface area contributed by atoms with E-state index >= 15 is 0 Å². The summed E-state index contributed by atoms with van der Waals surface area (Å²) in [5, 5.41) is 0. The Morgan fingerprint density at radius 2 is 1.79 bits per heavy atom. The highest BCUT2D eigenvalue weighted by Crippen LogP contribution is 2.39. The van der Waals surface area contributed by atoms with Crippen molar-refractivity contribution in [2.45, 2.75) is 52.4 Å². The van der Waals surface area contributed by atoms with Gasteiger partial charge in [-0.3, -0.25) is 9.59 Å². The van der Waals surface area contributed by atoms with E-state index in [9.17, 15) is 22.8 Å². The molecule has 0 saturated carbocycles. The van der Waals surface area contributed by atoms with Gasteiger partial charge in [0.2, 0.25) is 0 Å². The number of benzene rings is 2. The number of hydrogen-bond acceptors (Lipinski definition) is 5. The third-order valence-corrected chi connectivity index (χ3v) is 8.22. The molecule has 1 saturated heterocycles. The van der Waals surface area contributed by atoms with E-state index in [0.29, 0.717) is 46.6 Å². The Balaban J connectivity index is 1.37. The van der Waals surface area contributed by atoms with Crippen LogP contribution in [-0.2, 0) is 12.7 Å². The Hall–Kier alpha value is -4.12. The Morgan fingerprint density at radius 1 is 1.02 bits per heavy atom. The van der Waals surface area contributed by atoms with Crippen LogP contribution in [0, 0.1) is 6.92 Å². The standard InChI is InChI=1S/C31H33F3N6O2/c1-18(2)40(26-15-21(31(32,33)34)7-6-19(26)3)25-8-9-35-29(41)27(25)28-36-23-14-20-17-39(13-12-38-10-4-5-11-38)30(42)22(20)16-24(23)37-28/h6-9,14-16,18H,4-5,10-13,17H2,1-3H3,(H,35,41)(H,36,37). The highest BCUT2D eigenvalue weighted by molar-refractivity contribution is 6.02. The largest absolute Gasteiger partial charge is 0.416 e. The second kappa shape index (κ2) is 10.6. The van der Waals surface area contributed by atoms with Crippen molar-refractivity contribution < 1.29 is 18.0 Å². The summed E-state index contributed by atoms with van der Waals surface area (Å²) in [6, 6.07) is 8.66. The Morgan fingerprint density at radius 3 is 2.50 bits per heavy atom. The molecule has 2 aliphatic heterocycles.